The number of nitrogens with zero attached hydrogens (tertiary/aromatic N) is 1. The molecule has 0 radical (unpaired) electrons. The molecule has 0 fully saturated rings. The molecule has 0 saturated carbocycles. The summed E-state index contributed by atoms with van der Waals surface area (Å²) in [6, 6.07) is 14.0. The third kappa shape index (κ3) is 4.18. The molecule has 3 N–H and O–H groups in total. The predicted octanol–water partition coefficient (Wildman–Crippen LogP) is 2.26. The van der Waals surface area contributed by atoms with Crippen LogP contribution in [0.15, 0.2) is 48.5 Å². The highest BCUT2D eigenvalue weighted by Crippen LogP contribution is 2.14. The number of aromatic nitrogens is 2. The van der Waals surface area contributed by atoms with Crippen LogP contribution in [0, 0.1) is 0 Å². The second-order valence-electron chi connectivity index (χ2n) is 5.91. The molecule has 0 spiro atoms. The van der Waals surface area contributed by atoms with E-state index in [2.05, 4.69) is 20.6 Å². The van der Waals surface area contributed by atoms with Crippen LogP contribution >= 0.6 is 0 Å². The van der Waals surface area contributed by atoms with Gasteiger partial charge in [0.25, 0.3) is 0 Å². The first kappa shape index (κ1) is 17.5. The van der Waals surface area contributed by atoms with Crippen molar-refractivity contribution in [3.05, 3.63) is 54.1 Å². The largest absolute Gasteiger partial charge is 0.497 e. The molecule has 0 saturated heterocycles. The molecular weight excluding hydrogens is 332 g/mol. The fourth-order valence-corrected chi connectivity index (χ4v) is 2.56. The normalized spacial score (nSPS) is 11.8. The molecule has 0 aliphatic rings. The molecule has 1 aromatic heterocycles. The Hall–Kier alpha value is -3.35. The third-order valence-electron chi connectivity index (χ3n) is 3.90. The fraction of sp³-hybridized carbons (Fsp3) is 0.211. The Labute approximate surface area is 150 Å². The number of amides is 2. The van der Waals surface area contributed by atoms with Gasteiger partial charge in [0.1, 0.15) is 11.8 Å². The summed E-state index contributed by atoms with van der Waals surface area (Å²) in [5.41, 5.74) is 2.40. The van der Waals surface area contributed by atoms with Crippen LogP contribution in [-0.2, 0) is 16.0 Å². The number of methoxy groups -OCH3 is 1. The molecule has 0 bridgehead atoms. The smallest absolute Gasteiger partial charge is 0.248 e. The van der Waals surface area contributed by atoms with E-state index in [1.165, 1.54) is 0 Å². The Kier molecular flexibility index (Phi) is 5.17. The lowest BCUT2D eigenvalue weighted by Gasteiger charge is -2.13. The molecule has 26 heavy (non-hydrogen) atoms. The number of nitrogens with one attached hydrogen (secondary N) is 3. The number of anilines is 1. The van der Waals surface area contributed by atoms with E-state index in [4.69, 9.17) is 4.74 Å². The molecule has 0 aliphatic carbocycles. The van der Waals surface area contributed by atoms with E-state index in [0.717, 1.165) is 16.6 Å². The van der Waals surface area contributed by atoms with Crippen LogP contribution in [0.25, 0.3) is 11.0 Å². The van der Waals surface area contributed by atoms with E-state index in [-0.39, 0.29) is 18.2 Å². The van der Waals surface area contributed by atoms with Gasteiger partial charge in [0, 0.05) is 0 Å². The number of hydrogen-bond acceptors (Lipinski definition) is 4. The zero-order chi connectivity index (χ0) is 18.5. The van der Waals surface area contributed by atoms with E-state index >= 15 is 0 Å². The van der Waals surface area contributed by atoms with E-state index in [1.807, 2.05) is 42.5 Å². The number of carbonyl (C=O) groups excluding carboxylic acids is 2. The molecule has 7 heteroatoms. The highest BCUT2D eigenvalue weighted by Gasteiger charge is 2.17. The number of ether oxygens (including phenoxy) is 1. The van der Waals surface area contributed by atoms with Crippen molar-refractivity contribution in [2.24, 2.45) is 0 Å². The fourth-order valence-electron chi connectivity index (χ4n) is 2.56. The van der Waals surface area contributed by atoms with Crippen molar-refractivity contribution in [3.8, 4) is 5.75 Å². The van der Waals surface area contributed by atoms with Gasteiger partial charge in [-0.1, -0.05) is 24.3 Å². The molecule has 0 aliphatic heterocycles. The van der Waals surface area contributed by atoms with Crippen LogP contribution in [0.2, 0.25) is 0 Å². The van der Waals surface area contributed by atoms with Gasteiger partial charge in [-0.25, -0.2) is 4.98 Å². The van der Waals surface area contributed by atoms with Crippen molar-refractivity contribution >= 4 is 28.8 Å². The van der Waals surface area contributed by atoms with Crippen molar-refractivity contribution in [2.75, 3.05) is 12.4 Å². The Bertz CT molecular complexity index is 902. The lowest BCUT2D eigenvalue weighted by molar-refractivity contribution is -0.125. The summed E-state index contributed by atoms with van der Waals surface area (Å²) in [6.07, 6.45) is 0.166. The number of H-pyrrole nitrogens is 1. The zero-order valence-corrected chi connectivity index (χ0v) is 14.6. The van der Waals surface area contributed by atoms with Crippen LogP contribution in [0.4, 0.5) is 5.95 Å². The maximum Gasteiger partial charge on any atom is 0.248 e. The lowest BCUT2D eigenvalue weighted by atomic mass is 10.1. The summed E-state index contributed by atoms with van der Waals surface area (Å²) in [5, 5.41) is 5.36. The number of para-hydroxylation sites is 2. The SMILES string of the molecule is COc1cccc(CC(=O)N[C@H](C)C(=O)Nc2nc3ccccc3[nH]2)c1. The third-order valence-corrected chi connectivity index (χ3v) is 3.90. The first-order valence-corrected chi connectivity index (χ1v) is 8.23. The predicted molar refractivity (Wildman–Crippen MR) is 99.0 cm³/mol. The van der Waals surface area contributed by atoms with E-state index in [0.29, 0.717) is 11.7 Å². The highest BCUT2D eigenvalue weighted by atomic mass is 16.5. The first-order chi connectivity index (χ1) is 12.5. The minimum atomic E-state index is -0.693. The Morgan fingerprint density at radius 3 is 2.77 bits per heavy atom. The molecule has 3 rings (SSSR count). The van der Waals surface area contributed by atoms with Gasteiger partial charge in [-0.15, -0.1) is 0 Å². The number of benzene rings is 2. The summed E-state index contributed by atoms with van der Waals surface area (Å²) >= 11 is 0. The molecular formula is C19H20N4O3. The van der Waals surface area contributed by atoms with Crippen molar-refractivity contribution in [1.82, 2.24) is 15.3 Å². The lowest BCUT2D eigenvalue weighted by Crippen LogP contribution is -2.42. The average Bonchev–Trinajstić information content (AvgIpc) is 3.03. The molecule has 3 aromatic rings. The van der Waals surface area contributed by atoms with Crippen LogP contribution < -0.4 is 15.4 Å². The average molecular weight is 352 g/mol. The van der Waals surface area contributed by atoms with Gasteiger partial charge in [-0.2, -0.15) is 0 Å². The van der Waals surface area contributed by atoms with Crippen molar-refractivity contribution in [1.29, 1.82) is 0 Å². The summed E-state index contributed by atoms with van der Waals surface area (Å²) in [4.78, 5) is 31.7. The van der Waals surface area contributed by atoms with Crippen molar-refractivity contribution in [3.63, 3.8) is 0 Å². The van der Waals surface area contributed by atoms with Gasteiger partial charge < -0.3 is 15.0 Å². The summed E-state index contributed by atoms with van der Waals surface area (Å²) in [5.74, 6) is 0.449. The number of carbonyl (C=O) groups is 2. The Balaban J connectivity index is 1.56. The molecule has 2 amide bonds. The highest BCUT2D eigenvalue weighted by molar-refractivity contribution is 5.97. The first-order valence-electron chi connectivity index (χ1n) is 8.23. The van der Waals surface area contributed by atoms with E-state index in [1.54, 1.807) is 20.1 Å². The standard InChI is InChI=1S/C19H20N4O3/c1-12(20-17(24)11-13-6-5-7-14(10-13)26-2)18(25)23-19-21-15-8-3-4-9-16(15)22-19/h3-10,12H,11H2,1-2H3,(H,20,24)(H2,21,22,23,25)/t12-/m1/s1. The number of fused-ring (bicyclic) bond motifs is 1. The second kappa shape index (κ2) is 7.69. The molecule has 134 valence electrons. The Morgan fingerprint density at radius 2 is 2.00 bits per heavy atom. The van der Waals surface area contributed by atoms with Gasteiger partial charge in [-0.3, -0.25) is 14.9 Å². The van der Waals surface area contributed by atoms with E-state index < -0.39 is 6.04 Å². The quantitative estimate of drug-likeness (QED) is 0.634. The topological polar surface area (TPSA) is 96.1 Å². The summed E-state index contributed by atoms with van der Waals surface area (Å²) in [6.45, 7) is 1.63. The number of imidazole rings is 1. The van der Waals surface area contributed by atoms with E-state index in [9.17, 15) is 9.59 Å². The van der Waals surface area contributed by atoms with Crippen LogP contribution in [0.5, 0.6) is 5.75 Å². The van der Waals surface area contributed by atoms with Crippen LogP contribution in [0.1, 0.15) is 12.5 Å². The Morgan fingerprint density at radius 1 is 1.19 bits per heavy atom. The summed E-state index contributed by atoms with van der Waals surface area (Å²) < 4.78 is 5.14. The maximum absolute atomic E-state index is 12.3. The molecule has 1 atom stereocenters. The molecule has 0 unspecified atom stereocenters. The minimum absolute atomic E-state index is 0.166. The number of aromatic amines is 1. The van der Waals surface area contributed by atoms with Crippen LogP contribution in [-0.4, -0.2) is 34.9 Å². The van der Waals surface area contributed by atoms with Crippen LogP contribution in [0.3, 0.4) is 0 Å². The van der Waals surface area contributed by atoms with Gasteiger partial charge in [0.05, 0.1) is 24.6 Å². The molecule has 2 aromatic carbocycles. The van der Waals surface area contributed by atoms with Gasteiger partial charge in [0.2, 0.25) is 17.8 Å². The van der Waals surface area contributed by atoms with Gasteiger partial charge >= 0.3 is 0 Å². The van der Waals surface area contributed by atoms with Gasteiger partial charge in [-0.05, 0) is 36.8 Å². The van der Waals surface area contributed by atoms with Gasteiger partial charge in [0.15, 0.2) is 0 Å². The zero-order valence-electron chi connectivity index (χ0n) is 14.6. The van der Waals surface area contributed by atoms with Crippen molar-refractivity contribution in [2.45, 2.75) is 19.4 Å². The monoisotopic (exact) mass is 352 g/mol. The summed E-state index contributed by atoms with van der Waals surface area (Å²) in [7, 11) is 1.57. The number of hydrogen-bond donors (Lipinski definition) is 3. The number of rotatable bonds is 6. The second-order valence-corrected chi connectivity index (χ2v) is 5.91. The molecule has 7 nitrogen and oxygen atoms in total. The molecule has 1 heterocycles. The van der Waals surface area contributed by atoms with Crippen molar-refractivity contribution < 1.29 is 14.3 Å². The minimum Gasteiger partial charge on any atom is -0.497 e. The maximum atomic E-state index is 12.3.